The van der Waals surface area contributed by atoms with Crippen molar-refractivity contribution in [3.63, 3.8) is 0 Å². The maximum atomic E-state index is 13.2. The quantitative estimate of drug-likeness (QED) is 0.532. The number of nitrogens with zero attached hydrogens (tertiary/aromatic N) is 5. The molecule has 2 N–H and O–H groups in total. The Hall–Kier alpha value is -4.02. The van der Waals surface area contributed by atoms with E-state index in [-0.39, 0.29) is 11.4 Å². The minimum atomic E-state index is -4.57. The van der Waals surface area contributed by atoms with Crippen molar-refractivity contribution in [3.8, 4) is 17.1 Å². The highest BCUT2D eigenvalue weighted by molar-refractivity contribution is 6.02. The Bertz CT molecular complexity index is 1210. The van der Waals surface area contributed by atoms with Gasteiger partial charge < -0.3 is 5.32 Å². The first-order valence-electron chi connectivity index (χ1n) is 8.71. The van der Waals surface area contributed by atoms with E-state index in [1.54, 1.807) is 31.2 Å². The molecule has 0 aliphatic carbocycles. The first-order chi connectivity index (χ1) is 14.3. The van der Waals surface area contributed by atoms with Crippen molar-refractivity contribution >= 4 is 11.6 Å². The lowest BCUT2D eigenvalue weighted by Gasteiger charge is -2.11. The highest BCUT2D eigenvalue weighted by Crippen LogP contribution is 2.33. The molecule has 8 nitrogen and oxygen atoms in total. The standard InChI is InChI=1S/C19H14F3N7O/c1-11-23-17(27-25-11)12-5-4-6-13(9-12)24-18(30)15-10-29(28-26-15)16-8-3-2-7-14(16)19(20,21)22/h2-10H,1H3,(H,24,30)(H,23,25,27). The van der Waals surface area contributed by atoms with Gasteiger partial charge in [0, 0.05) is 11.3 Å². The van der Waals surface area contributed by atoms with Gasteiger partial charge in [-0.05, 0) is 31.2 Å². The first-order valence-corrected chi connectivity index (χ1v) is 8.71. The highest BCUT2D eigenvalue weighted by Gasteiger charge is 2.34. The Morgan fingerprint density at radius 3 is 2.67 bits per heavy atom. The van der Waals surface area contributed by atoms with Gasteiger partial charge in [-0.15, -0.1) is 5.10 Å². The topological polar surface area (TPSA) is 101 Å². The van der Waals surface area contributed by atoms with E-state index in [1.165, 1.54) is 18.2 Å². The number of nitrogens with one attached hydrogen (secondary N) is 2. The van der Waals surface area contributed by atoms with Gasteiger partial charge >= 0.3 is 6.18 Å². The molecule has 4 rings (SSSR count). The highest BCUT2D eigenvalue weighted by atomic mass is 19.4. The summed E-state index contributed by atoms with van der Waals surface area (Å²) in [4.78, 5) is 16.7. The second kappa shape index (κ2) is 7.43. The van der Waals surface area contributed by atoms with Crippen molar-refractivity contribution in [2.45, 2.75) is 13.1 Å². The van der Waals surface area contributed by atoms with Crippen LogP contribution >= 0.6 is 0 Å². The first kappa shape index (κ1) is 19.3. The average Bonchev–Trinajstić information content (AvgIpc) is 3.37. The molecular formula is C19H14F3N7O. The second-order valence-electron chi connectivity index (χ2n) is 6.34. The van der Waals surface area contributed by atoms with E-state index in [4.69, 9.17) is 0 Å². The summed E-state index contributed by atoms with van der Waals surface area (Å²) >= 11 is 0. The number of halogens is 3. The molecule has 0 aliphatic heterocycles. The third kappa shape index (κ3) is 3.90. The van der Waals surface area contributed by atoms with E-state index in [2.05, 4.69) is 30.8 Å². The van der Waals surface area contributed by atoms with Crippen molar-refractivity contribution in [1.29, 1.82) is 0 Å². The van der Waals surface area contributed by atoms with E-state index < -0.39 is 17.6 Å². The second-order valence-corrected chi connectivity index (χ2v) is 6.34. The van der Waals surface area contributed by atoms with Gasteiger partial charge in [0.05, 0.1) is 17.4 Å². The molecule has 4 aromatic rings. The summed E-state index contributed by atoms with van der Waals surface area (Å²) in [6.45, 7) is 1.77. The van der Waals surface area contributed by atoms with Crippen LogP contribution in [0, 0.1) is 6.92 Å². The van der Waals surface area contributed by atoms with Crippen LogP contribution in [0.15, 0.2) is 54.7 Å². The summed E-state index contributed by atoms with van der Waals surface area (Å²) in [6, 6.07) is 11.7. The van der Waals surface area contributed by atoms with Crippen LogP contribution in [0.1, 0.15) is 21.9 Å². The predicted octanol–water partition coefficient (Wildman–Crippen LogP) is 3.63. The monoisotopic (exact) mass is 413 g/mol. The van der Waals surface area contributed by atoms with Gasteiger partial charge in [0.25, 0.3) is 5.91 Å². The molecule has 11 heteroatoms. The molecule has 2 aromatic heterocycles. The lowest BCUT2D eigenvalue weighted by molar-refractivity contribution is -0.137. The number of para-hydroxylation sites is 1. The number of hydrogen-bond acceptors (Lipinski definition) is 5. The average molecular weight is 413 g/mol. The molecule has 2 aromatic carbocycles. The van der Waals surface area contributed by atoms with Gasteiger partial charge in [0.15, 0.2) is 11.5 Å². The molecule has 2 heterocycles. The number of aryl methyl sites for hydroxylation is 1. The van der Waals surface area contributed by atoms with E-state index in [1.807, 2.05) is 0 Å². The van der Waals surface area contributed by atoms with E-state index in [0.29, 0.717) is 22.9 Å². The van der Waals surface area contributed by atoms with Gasteiger partial charge in [-0.1, -0.05) is 29.5 Å². The van der Waals surface area contributed by atoms with Crippen LogP contribution in [0.5, 0.6) is 0 Å². The summed E-state index contributed by atoms with van der Waals surface area (Å²) in [5.74, 6) is 0.502. The zero-order chi connectivity index (χ0) is 21.3. The maximum Gasteiger partial charge on any atom is 0.418 e. The number of aromatic nitrogens is 6. The lowest BCUT2D eigenvalue weighted by Crippen LogP contribution is -2.12. The van der Waals surface area contributed by atoms with Gasteiger partial charge in [-0.3, -0.25) is 9.89 Å². The summed E-state index contributed by atoms with van der Waals surface area (Å²) in [6.07, 6.45) is -3.42. The zero-order valence-corrected chi connectivity index (χ0v) is 15.5. The number of H-pyrrole nitrogens is 1. The smallest absolute Gasteiger partial charge is 0.321 e. The normalized spacial score (nSPS) is 11.5. The Labute approximate surface area is 167 Å². The number of amides is 1. The SMILES string of the molecule is Cc1nc(-c2cccc(NC(=O)c3cn(-c4ccccc4C(F)(F)F)nn3)c2)n[nH]1. The number of hydrogen-bond donors (Lipinski definition) is 2. The molecule has 0 saturated carbocycles. The van der Waals surface area contributed by atoms with E-state index in [9.17, 15) is 18.0 Å². The Morgan fingerprint density at radius 2 is 1.93 bits per heavy atom. The number of alkyl halides is 3. The summed E-state index contributed by atoms with van der Waals surface area (Å²) in [5.41, 5.74) is -0.105. The fraction of sp³-hybridized carbons (Fsp3) is 0.105. The van der Waals surface area contributed by atoms with Crippen LogP contribution in [0.3, 0.4) is 0 Å². The van der Waals surface area contributed by atoms with E-state index >= 15 is 0 Å². The zero-order valence-electron chi connectivity index (χ0n) is 15.5. The van der Waals surface area contributed by atoms with E-state index in [0.717, 1.165) is 16.9 Å². The van der Waals surface area contributed by atoms with Crippen molar-refractivity contribution in [2.75, 3.05) is 5.32 Å². The van der Waals surface area contributed by atoms with Gasteiger partial charge in [0.2, 0.25) is 0 Å². The molecular weight excluding hydrogens is 399 g/mol. The predicted molar refractivity (Wildman–Crippen MR) is 101 cm³/mol. The molecule has 0 fully saturated rings. The molecule has 0 aliphatic rings. The van der Waals surface area contributed by atoms with Crippen LogP contribution in [0.25, 0.3) is 17.1 Å². The molecule has 1 amide bonds. The largest absolute Gasteiger partial charge is 0.418 e. The number of benzene rings is 2. The number of aromatic amines is 1. The van der Waals surface area contributed by atoms with Crippen LogP contribution in [0.4, 0.5) is 18.9 Å². The minimum Gasteiger partial charge on any atom is -0.321 e. The molecule has 30 heavy (non-hydrogen) atoms. The van der Waals surface area contributed by atoms with Crippen molar-refractivity contribution in [2.24, 2.45) is 0 Å². The lowest BCUT2D eigenvalue weighted by atomic mass is 10.1. The van der Waals surface area contributed by atoms with Gasteiger partial charge in [0.1, 0.15) is 5.82 Å². The fourth-order valence-corrected chi connectivity index (χ4v) is 2.80. The minimum absolute atomic E-state index is 0.133. The molecule has 0 saturated heterocycles. The van der Waals surface area contributed by atoms with Crippen molar-refractivity contribution in [1.82, 2.24) is 30.2 Å². The Balaban J connectivity index is 1.56. The van der Waals surface area contributed by atoms with Crippen LogP contribution in [0.2, 0.25) is 0 Å². The summed E-state index contributed by atoms with van der Waals surface area (Å²) < 4.78 is 40.6. The van der Waals surface area contributed by atoms with Gasteiger partial charge in [-0.25, -0.2) is 9.67 Å². The number of carbonyl (C=O) groups excluding carboxylic acids is 1. The fourth-order valence-electron chi connectivity index (χ4n) is 2.80. The van der Waals surface area contributed by atoms with Crippen molar-refractivity contribution < 1.29 is 18.0 Å². The molecule has 0 unspecified atom stereocenters. The van der Waals surface area contributed by atoms with Gasteiger partial charge in [-0.2, -0.15) is 18.3 Å². The molecule has 152 valence electrons. The van der Waals surface area contributed by atoms with Crippen LogP contribution in [-0.2, 0) is 6.18 Å². The summed E-state index contributed by atoms with van der Waals surface area (Å²) in [7, 11) is 0. The summed E-state index contributed by atoms with van der Waals surface area (Å²) in [5, 5.41) is 16.8. The van der Waals surface area contributed by atoms with Crippen molar-refractivity contribution in [3.05, 3.63) is 71.8 Å². The molecule has 0 atom stereocenters. The number of rotatable bonds is 4. The Kier molecular flexibility index (Phi) is 4.78. The third-order valence-electron chi connectivity index (χ3n) is 4.16. The van der Waals surface area contributed by atoms with Crippen LogP contribution < -0.4 is 5.32 Å². The Morgan fingerprint density at radius 1 is 1.13 bits per heavy atom. The maximum absolute atomic E-state index is 13.2. The number of carbonyl (C=O) groups is 1. The third-order valence-corrected chi connectivity index (χ3v) is 4.16. The number of anilines is 1. The van der Waals surface area contributed by atoms with Crippen LogP contribution in [-0.4, -0.2) is 36.1 Å². The molecule has 0 radical (unpaired) electrons. The molecule has 0 bridgehead atoms. The molecule has 0 spiro atoms.